The lowest BCUT2D eigenvalue weighted by Crippen LogP contribution is -2.24. The normalized spacial score (nSPS) is 10.5. The van der Waals surface area contributed by atoms with Crippen LogP contribution >= 0.6 is 15.9 Å². The summed E-state index contributed by atoms with van der Waals surface area (Å²) in [6.07, 6.45) is 1.75. The van der Waals surface area contributed by atoms with Crippen molar-refractivity contribution in [3.8, 4) is 5.75 Å². The number of hydrogen-bond donors (Lipinski definition) is 1. The molecule has 0 saturated carbocycles. The Labute approximate surface area is 121 Å². The van der Waals surface area contributed by atoms with Gasteiger partial charge in [-0.15, -0.1) is 0 Å². The van der Waals surface area contributed by atoms with Gasteiger partial charge in [0.1, 0.15) is 5.75 Å². The van der Waals surface area contributed by atoms with Gasteiger partial charge >= 0.3 is 0 Å². The maximum atomic E-state index is 9.89. The predicted molar refractivity (Wildman–Crippen MR) is 79.3 cm³/mol. The molecule has 1 aromatic carbocycles. The lowest BCUT2D eigenvalue weighted by Gasteiger charge is -2.21. The molecule has 4 nitrogen and oxygen atoms in total. The van der Waals surface area contributed by atoms with Crippen molar-refractivity contribution >= 4 is 21.9 Å². The third kappa shape index (κ3) is 3.44. The van der Waals surface area contributed by atoms with Crippen LogP contribution in [0.15, 0.2) is 34.9 Å². The van der Waals surface area contributed by atoms with E-state index in [0.717, 1.165) is 22.3 Å². The summed E-state index contributed by atoms with van der Waals surface area (Å²) >= 11 is 3.42. The molecule has 1 N–H and O–H groups in total. The van der Waals surface area contributed by atoms with Gasteiger partial charge in [-0.2, -0.15) is 0 Å². The maximum absolute atomic E-state index is 9.89. The Morgan fingerprint density at radius 1 is 1.32 bits per heavy atom. The lowest BCUT2D eigenvalue weighted by atomic mass is 10.2. The smallest absolute Gasteiger partial charge is 0.225 e. The van der Waals surface area contributed by atoms with E-state index < -0.39 is 0 Å². The Balaban J connectivity index is 2.26. The third-order valence-corrected chi connectivity index (χ3v) is 3.34. The molecule has 0 spiro atoms. The summed E-state index contributed by atoms with van der Waals surface area (Å²) < 4.78 is 0.946. The fourth-order valence-corrected chi connectivity index (χ4v) is 2.21. The number of phenols is 1. The third-order valence-electron chi connectivity index (χ3n) is 2.85. The highest BCUT2D eigenvalue weighted by Crippen LogP contribution is 2.24. The van der Waals surface area contributed by atoms with Gasteiger partial charge in [0.05, 0.1) is 0 Å². The second-order valence-corrected chi connectivity index (χ2v) is 5.20. The second kappa shape index (κ2) is 6.02. The van der Waals surface area contributed by atoms with E-state index in [1.54, 1.807) is 12.3 Å². The maximum Gasteiger partial charge on any atom is 0.225 e. The van der Waals surface area contributed by atoms with E-state index in [1.165, 1.54) is 0 Å². The average Bonchev–Trinajstić information content (AvgIpc) is 2.39. The molecule has 0 aliphatic heterocycles. The monoisotopic (exact) mass is 321 g/mol. The molecule has 1 aromatic heterocycles. The summed E-state index contributed by atoms with van der Waals surface area (Å²) in [7, 11) is 0. The van der Waals surface area contributed by atoms with E-state index in [0.29, 0.717) is 12.5 Å². The molecule has 2 aromatic rings. The summed E-state index contributed by atoms with van der Waals surface area (Å²) in [4.78, 5) is 10.7. The SMILES string of the molecule is CCN(Cc1cc(Br)ccc1O)c1nccc(C)n1. The largest absolute Gasteiger partial charge is 0.508 e. The van der Waals surface area contributed by atoms with E-state index in [1.807, 2.05) is 36.9 Å². The molecule has 0 aliphatic rings. The quantitative estimate of drug-likeness (QED) is 0.938. The van der Waals surface area contributed by atoms with Crippen molar-refractivity contribution in [1.82, 2.24) is 9.97 Å². The predicted octanol–water partition coefficient (Wildman–Crippen LogP) is 3.28. The molecular formula is C14H16BrN3O. The molecule has 0 bridgehead atoms. The second-order valence-electron chi connectivity index (χ2n) is 4.29. The Morgan fingerprint density at radius 3 is 2.79 bits per heavy atom. The number of anilines is 1. The zero-order valence-corrected chi connectivity index (χ0v) is 12.6. The van der Waals surface area contributed by atoms with E-state index in [9.17, 15) is 5.11 Å². The van der Waals surface area contributed by atoms with Gasteiger partial charge in [0.25, 0.3) is 0 Å². The number of rotatable bonds is 4. The Morgan fingerprint density at radius 2 is 2.11 bits per heavy atom. The fourth-order valence-electron chi connectivity index (χ4n) is 1.80. The van der Waals surface area contributed by atoms with Crippen LogP contribution in [-0.4, -0.2) is 21.6 Å². The zero-order valence-electron chi connectivity index (χ0n) is 11.0. The van der Waals surface area contributed by atoms with Crippen molar-refractivity contribution in [2.24, 2.45) is 0 Å². The van der Waals surface area contributed by atoms with Gasteiger partial charge in [-0.3, -0.25) is 0 Å². The van der Waals surface area contributed by atoms with Gasteiger partial charge in [0.2, 0.25) is 5.95 Å². The highest BCUT2D eigenvalue weighted by atomic mass is 79.9. The number of hydrogen-bond acceptors (Lipinski definition) is 4. The first-order chi connectivity index (χ1) is 9.10. The Bertz CT molecular complexity index is 574. The summed E-state index contributed by atoms with van der Waals surface area (Å²) in [5, 5.41) is 9.89. The molecule has 5 heteroatoms. The number of aromatic nitrogens is 2. The van der Waals surface area contributed by atoms with E-state index in [4.69, 9.17) is 0 Å². The van der Waals surface area contributed by atoms with Gasteiger partial charge in [-0.1, -0.05) is 15.9 Å². The minimum Gasteiger partial charge on any atom is -0.508 e. The van der Waals surface area contributed by atoms with Crippen molar-refractivity contribution in [3.05, 3.63) is 46.2 Å². The number of nitrogens with zero attached hydrogens (tertiary/aromatic N) is 3. The van der Waals surface area contributed by atoms with Crippen molar-refractivity contribution in [2.45, 2.75) is 20.4 Å². The molecule has 19 heavy (non-hydrogen) atoms. The zero-order chi connectivity index (χ0) is 13.8. The van der Waals surface area contributed by atoms with Crippen LogP contribution in [0.25, 0.3) is 0 Å². The number of phenolic OH excluding ortho intramolecular Hbond substituents is 1. The average molecular weight is 322 g/mol. The molecule has 1 heterocycles. The number of benzene rings is 1. The van der Waals surface area contributed by atoms with Crippen LogP contribution in [-0.2, 0) is 6.54 Å². The van der Waals surface area contributed by atoms with E-state index >= 15 is 0 Å². The molecule has 0 radical (unpaired) electrons. The summed E-state index contributed by atoms with van der Waals surface area (Å²) in [6.45, 7) is 5.33. The van der Waals surface area contributed by atoms with Gasteiger partial charge < -0.3 is 10.0 Å². The van der Waals surface area contributed by atoms with Gasteiger partial charge in [-0.25, -0.2) is 9.97 Å². The first-order valence-corrected chi connectivity index (χ1v) is 6.91. The van der Waals surface area contributed by atoms with Crippen molar-refractivity contribution in [1.29, 1.82) is 0 Å². The highest BCUT2D eigenvalue weighted by Gasteiger charge is 2.11. The summed E-state index contributed by atoms with van der Waals surface area (Å²) in [6, 6.07) is 7.28. The van der Waals surface area contributed by atoms with Crippen LogP contribution < -0.4 is 4.90 Å². The molecule has 0 saturated heterocycles. The van der Waals surface area contributed by atoms with Gasteiger partial charge in [0, 0.05) is 35.0 Å². The highest BCUT2D eigenvalue weighted by molar-refractivity contribution is 9.10. The van der Waals surface area contributed by atoms with Crippen molar-refractivity contribution in [2.75, 3.05) is 11.4 Å². The molecule has 0 fully saturated rings. The van der Waals surface area contributed by atoms with Crippen LogP contribution in [0.4, 0.5) is 5.95 Å². The minimum atomic E-state index is 0.286. The lowest BCUT2D eigenvalue weighted by molar-refractivity contribution is 0.467. The number of aryl methyl sites for hydroxylation is 1. The molecule has 100 valence electrons. The first kappa shape index (κ1) is 13.8. The molecule has 2 rings (SSSR count). The number of aromatic hydroxyl groups is 1. The molecule has 0 unspecified atom stereocenters. The van der Waals surface area contributed by atoms with Crippen molar-refractivity contribution < 1.29 is 5.11 Å². The van der Waals surface area contributed by atoms with E-state index in [2.05, 4.69) is 25.9 Å². The molecule has 0 aliphatic carbocycles. The summed E-state index contributed by atoms with van der Waals surface area (Å²) in [5.74, 6) is 0.969. The van der Waals surface area contributed by atoms with Crippen LogP contribution in [0.3, 0.4) is 0 Å². The molecule has 0 atom stereocenters. The molecular weight excluding hydrogens is 306 g/mol. The molecule has 0 amide bonds. The van der Waals surface area contributed by atoms with Crippen LogP contribution in [0.5, 0.6) is 5.75 Å². The van der Waals surface area contributed by atoms with E-state index in [-0.39, 0.29) is 5.75 Å². The summed E-state index contributed by atoms with van der Waals surface area (Å²) in [5.41, 5.74) is 1.78. The Hall–Kier alpha value is -1.62. The van der Waals surface area contributed by atoms with Crippen molar-refractivity contribution in [3.63, 3.8) is 0 Å². The Kier molecular flexibility index (Phi) is 4.37. The van der Waals surface area contributed by atoms with Gasteiger partial charge in [0.15, 0.2) is 0 Å². The topological polar surface area (TPSA) is 49.2 Å². The van der Waals surface area contributed by atoms with Crippen LogP contribution in [0, 0.1) is 6.92 Å². The fraction of sp³-hybridized carbons (Fsp3) is 0.286. The van der Waals surface area contributed by atoms with Crippen LogP contribution in [0.2, 0.25) is 0 Å². The number of halogens is 1. The minimum absolute atomic E-state index is 0.286. The first-order valence-electron chi connectivity index (χ1n) is 6.12. The van der Waals surface area contributed by atoms with Crippen LogP contribution in [0.1, 0.15) is 18.2 Å². The van der Waals surface area contributed by atoms with Gasteiger partial charge in [-0.05, 0) is 38.1 Å². The standard InChI is InChI=1S/C14H16BrN3O/c1-3-18(14-16-7-6-10(2)17-14)9-11-8-12(15)4-5-13(11)19/h4-8,19H,3,9H2,1-2H3.